The molecule has 0 atom stereocenters. The molecule has 0 bridgehead atoms. The molecule has 1 N–H and O–H groups in total. The van der Waals surface area contributed by atoms with E-state index >= 15 is 0 Å². The fourth-order valence-electron chi connectivity index (χ4n) is 2.38. The summed E-state index contributed by atoms with van der Waals surface area (Å²) in [4.78, 5) is 24.5. The minimum Gasteiger partial charge on any atom is -0.478 e. The third kappa shape index (κ3) is 1.98. The van der Waals surface area contributed by atoms with Crippen molar-refractivity contribution in [3.05, 3.63) is 35.4 Å². The van der Waals surface area contributed by atoms with Gasteiger partial charge >= 0.3 is 5.97 Å². The van der Waals surface area contributed by atoms with Crippen LogP contribution in [-0.4, -0.2) is 35.0 Å². The first-order chi connectivity index (χ1) is 8.65. The molecule has 3 rings (SSSR count). The van der Waals surface area contributed by atoms with Crippen molar-refractivity contribution >= 4 is 11.9 Å². The first kappa shape index (κ1) is 11.3. The van der Waals surface area contributed by atoms with Gasteiger partial charge in [0.25, 0.3) is 0 Å². The standard InChI is InChI=1S/C14H15NO3/c16-13(9-4-5-9)15-7-12(8-15)10-2-1-3-11(6-10)14(17)18/h1-3,6,9,12H,4-5,7-8H2,(H,17,18). The fraction of sp³-hybridized carbons (Fsp3) is 0.429. The SMILES string of the molecule is O=C(O)c1cccc(C2CN(C(=O)C3CC3)C2)c1. The van der Waals surface area contributed by atoms with Crippen molar-refractivity contribution in [2.24, 2.45) is 5.92 Å². The largest absolute Gasteiger partial charge is 0.478 e. The highest BCUT2D eigenvalue weighted by Crippen LogP contribution is 2.35. The molecular formula is C14H15NO3. The summed E-state index contributed by atoms with van der Waals surface area (Å²) in [7, 11) is 0. The number of carboxylic acid groups (broad SMARTS) is 1. The minimum absolute atomic E-state index is 0.274. The van der Waals surface area contributed by atoms with Gasteiger partial charge in [-0.2, -0.15) is 0 Å². The van der Waals surface area contributed by atoms with E-state index in [-0.39, 0.29) is 11.8 Å². The monoisotopic (exact) mass is 245 g/mol. The molecule has 1 saturated heterocycles. The van der Waals surface area contributed by atoms with Gasteiger partial charge in [-0.25, -0.2) is 4.79 Å². The summed E-state index contributed by atoms with van der Waals surface area (Å²) in [6.45, 7) is 1.47. The van der Waals surface area contributed by atoms with Crippen LogP contribution in [0.2, 0.25) is 0 Å². The van der Waals surface area contributed by atoms with Gasteiger partial charge in [-0.3, -0.25) is 4.79 Å². The summed E-state index contributed by atoms with van der Waals surface area (Å²) in [5.41, 5.74) is 1.34. The average molecular weight is 245 g/mol. The van der Waals surface area contributed by atoms with E-state index in [1.807, 2.05) is 11.0 Å². The second kappa shape index (κ2) is 4.12. The van der Waals surface area contributed by atoms with Gasteiger partial charge in [0.15, 0.2) is 0 Å². The molecule has 0 aromatic heterocycles. The zero-order valence-corrected chi connectivity index (χ0v) is 10.0. The Bertz CT molecular complexity index is 502. The molecule has 2 aliphatic rings. The third-order valence-corrected chi connectivity index (χ3v) is 3.72. The van der Waals surface area contributed by atoms with Crippen molar-refractivity contribution < 1.29 is 14.7 Å². The van der Waals surface area contributed by atoms with Crippen LogP contribution in [0.15, 0.2) is 24.3 Å². The second-order valence-corrected chi connectivity index (χ2v) is 5.15. The summed E-state index contributed by atoms with van der Waals surface area (Å²) in [5, 5.41) is 8.94. The summed E-state index contributed by atoms with van der Waals surface area (Å²) in [5.74, 6) is -0.0500. The number of hydrogen-bond donors (Lipinski definition) is 1. The minimum atomic E-state index is -0.901. The Hall–Kier alpha value is -1.84. The molecule has 1 heterocycles. The molecule has 94 valence electrons. The molecule has 18 heavy (non-hydrogen) atoms. The summed E-state index contributed by atoms with van der Waals surface area (Å²) < 4.78 is 0. The van der Waals surface area contributed by atoms with E-state index in [1.165, 1.54) is 0 Å². The molecule has 1 aliphatic heterocycles. The zero-order chi connectivity index (χ0) is 12.7. The van der Waals surface area contributed by atoms with Crippen LogP contribution >= 0.6 is 0 Å². The maximum Gasteiger partial charge on any atom is 0.335 e. The van der Waals surface area contributed by atoms with Crippen molar-refractivity contribution in [1.82, 2.24) is 4.90 Å². The number of carboxylic acids is 1. The van der Waals surface area contributed by atoms with Crippen LogP contribution in [0.4, 0.5) is 0 Å². The number of benzene rings is 1. The number of amides is 1. The highest BCUT2D eigenvalue weighted by molar-refractivity contribution is 5.87. The Morgan fingerprint density at radius 3 is 2.56 bits per heavy atom. The first-order valence-corrected chi connectivity index (χ1v) is 6.27. The van der Waals surface area contributed by atoms with Crippen LogP contribution < -0.4 is 0 Å². The van der Waals surface area contributed by atoms with E-state index < -0.39 is 5.97 Å². The van der Waals surface area contributed by atoms with E-state index in [1.54, 1.807) is 18.2 Å². The molecule has 4 heteroatoms. The average Bonchev–Trinajstić information content (AvgIpc) is 3.11. The van der Waals surface area contributed by atoms with Crippen molar-refractivity contribution in [3.8, 4) is 0 Å². The van der Waals surface area contributed by atoms with Gasteiger partial charge in [0.1, 0.15) is 0 Å². The van der Waals surface area contributed by atoms with Crippen LogP contribution in [0.1, 0.15) is 34.7 Å². The van der Waals surface area contributed by atoms with Crippen LogP contribution in [0.3, 0.4) is 0 Å². The lowest BCUT2D eigenvalue weighted by molar-refractivity contribution is -0.137. The van der Waals surface area contributed by atoms with Crippen LogP contribution in [0.5, 0.6) is 0 Å². The normalized spacial score (nSPS) is 19.4. The highest BCUT2D eigenvalue weighted by atomic mass is 16.4. The predicted molar refractivity (Wildman–Crippen MR) is 65.4 cm³/mol. The number of rotatable bonds is 3. The van der Waals surface area contributed by atoms with Gasteiger partial charge in [-0.15, -0.1) is 0 Å². The molecule has 1 aromatic rings. The fourth-order valence-corrected chi connectivity index (χ4v) is 2.38. The second-order valence-electron chi connectivity index (χ2n) is 5.15. The number of aromatic carboxylic acids is 1. The van der Waals surface area contributed by atoms with Crippen molar-refractivity contribution in [1.29, 1.82) is 0 Å². The molecule has 0 radical (unpaired) electrons. The number of carbonyl (C=O) groups excluding carboxylic acids is 1. The number of carbonyl (C=O) groups is 2. The van der Waals surface area contributed by atoms with Crippen molar-refractivity contribution in [2.75, 3.05) is 13.1 Å². The molecule has 0 unspecified atom stereocenters. The van der Waals surface area contributed by atoms with Crippen LogP contribution in [0.25, 0.3) is 0 Å². The Morgan fingerprint density at radius 1 is 1.22 bits per heavy atom. The Morgan fingerprint density at radius 2 is 1.94 bits per heavy atom. The quantitative estimate of drug-likeness (QED) is 0.882. The maximum atomic E-state index is 11.8. The number of likely N-dealkylation sites (tertiary alicyclic amines) is 1. The van der Waals surface area contributed by atoms with Crippen LogP contribution in [0, 0.1) is 5.92 Å². The molecule has 0 spiro atoms. The van der Waals surface area contributed by atoms with E-state index in [4.69, 9.17) is 5.11 Å². The lowest BCUT2D eigenvalue weighted by Gasteiger charge is -2.39. The summed E-state index contributed by atoms with van der Waals surface area (Å²) in [6, 6.07) is 7.02. The van der Waals surface area contributed by atoms with Crippen molar-refractivity contribution in [2.45, 2.75) is 18.8 Å². The third-order valence-electron chi connectivity index (χ3n) is 3.72. The van der Waals surface area contributed by atoms with Gasteiger partial charge in [0.05, 0.1) is 5.56 Å². The lowest BCUT2D eigenvalue weighted by atomic mass is 9.90. The predicted octanol–water partition coefficient (Wildman–Crippen LogP) is 1.72. The molecular weight excluding hydrogens is 230 g/mol. The smallest absolute Gasteiger partial charge is 0.335 e. The molecule has 4 nitrogen and oxygen atoms in total. The molecule has 1 aromatic carbocycles. The molecule has 1 saturated carbocycles. The van der Waals surface area contributed by atoms with Crippen LogP contribution in [-0.2, 0) is 4.79 Å². The van der Waals surface area contributed by atoms with Gasteiger partial charge in [0, 0.05) is 24.9 Å². The number of nitrogens with zero attached hydrogens (tertiary/aromatic N) is 1. The topological polar surface area (TPSA) is 57.6 Å². The van der Waals surface area contributed by atoms with Gasteiger partial charge in [0.2, 0.25) is 5.91 Å². The molecule has 1 aliphatic carbocycles. The van der Waals surface area contributed by atoms with E-state index in [0.717, 1.165) is 31.5 Å². The maximum absolute atomic E-state index is 11.8. The van der Waals surface area contributed by atoms with E-state index in [2.05, 4.69) is 0 Å². The van der Waals surface area contributed by atoms with Crippen molar-refractivity contribution in [3.63, 3.8) is 0 Å². The summed E-state index contributed by atoms with van der Waals surface area (Å²) >= 11 is 0. The van der Waals surface area contributed by atoms with E-state index in [0.29, 0.717) is 11.5 Å². The van der Waals surface area contributed by atoms with Gasteiger partial charge < -0.3 is 10.0 Å². The zero-order valence-electron chi connectivity index (χ0n) is 10.0. The highest BCUT2D eigenvalue weighted by Gasteiger charge is 2.39. The van der Waals surface area contributed by atoms with Gasteiger partial charge in [-0.1, -0.05) is 12.1 Å². The number of hydrogen-bond acceptors (Lipinski definition) is 2. The molecule has 2 fully saturated rings. The first-order valence-electron chi connectivity index (χ1n) is 6.27. The Labute approximate surface area is 105 Å². The van der Waals surface area contributed by atoms with E-state index in [9.17, 15) is 9.59 Å². The summed E-state index contributed by atoms with van der Waals surface area (Å²) in [6.07, 6.45) is 2.07. The Balaban J connectivity index is 1.65. The van der Waals surface area contributed by atoms with Gasteiger partial charge in [-0.05, 0) is 30.5 Å². The Kier molecular flexibility index (Phi) is 2.58. The molecule has 1 amide bonds. The lowest BCUT2D eigenvalue weighted by Crippen LogP contribution is -2.49.